The van der Waals surface area contributed by atoms with Gasteiger partial charge in [0.25, 0.3) is 6.43 Å². The maximum Gasteiger partial charge on any atom is 0.318 e. The molecule has 0 bridgehead atoms. The van der Waals surface area contributed by atoms with E-state index in [0.717, 1.165) is 16.0 Å². The number of halogens is 2. The number of carbonyl (C=O) groups excluding carboxylic acids is 1. The van der Waals surface area contributed by atoms with Crippen LogP contribution in [0.4, 0.5) is 13.6 Å². The number of rotatable bonds is 6. The van der Waals surface area contributed by atoms with Gasteiger partial charge in [-0.1, -0.05) is 30.3 Å². The molecule has 0 unspecified atom stereocenters. The van der Waals surface area contributed by atoms with Gasteiger partial charge in [0, 0.05) is 25.4 Å². The van der Waals surface area contributed by atoms with Crippen LogP contribution in [0.2, 0.25) is 0 Å². The van der Waals surface area contributed by atoms with Crippen LogP contribution >= 0.6 is 0 Å². The molecule has 2 amide bonds. The second kappa shape index (κ2) is 7.71. The maximum atomic E-state index is 12.8. The normalized spacial score (nSPS) is 12.2. The van der Waals surface area contributed by atoms with Gasteiger partial charge in [0.2, 0.25) is 0 Å². The first kappa shape index (κ1) is 16.9. The lowest BCUT2D eigenvalue weighted by molar-refractivity contribution is 0.0949. The van der Waals surface area contributed by atoms with Crippen molar-refractivity contribution in [1.82, 2.24) is 20.0 Å². The van der Waals surface area contributed by atoms with E-state index in [1.54, 1.807) is 43.2 Å². The fourth-order valence-electron chi connectivity index (χ4n) is 2.21. The van der Waals surface area contributed by atoms with E-state index in [4.69, 9.17) is 0 Å². The van der Waals surface area contributed by atoms with Crippen molar-refractivity contribution in [2.24, 2.45) is 7.05 Å². The number of aromatic nitrogens is 2. The molecule has 2 aromatic rings. The smallest absolute Gasteiger partial charge is 0.318 e. The first-order valence-electron chi connectivity index (χ1n) is 7.31. The van der Waals surface area contributed by atoms with Crippen molar-refractivity contribution >= 4 is 6.03 Å². The molecule has 0 saturated carbocycles. The highest BCUT2D eigenvalue weighted by Gasteiger charge is 2.21. The SMILES string of the molecule is C[C@H](NC(=O)N(Cc1ccccc1)CC(F)F)c1cnn(C)c1. The van der Waals surface area contributed by atoms with Crippen LogP contribution in [0.5, 0.6) is 0 Å². The molecular formula is C16H20F2N4O. The van der Waals surface area contributed by atoms with E-state index < -0.39 is 19.0 Å². The van der Waals surface area contributed by atoms with Crippen LogP contribution in [-0.4, -0.2) is 33.7 Å². The third kappa shape index (κ3) is 5.05. The summed E-state index contributed by atoms with van der Waals surface area (Å²) in [5.74, 6) is 0. The zero-order valence-corrected chi connectivity index (χ0v) is 13.1. The lowest BCUT2D eigenvalue weighted by Gasteiger charge is -2.25. The molecule has 1 heterocycles. The van der Waals surface area contributed by atoms with Crippen LogP contribution in [0.25, 0.3) is 0 Å². The fraction of sp³-hybridized carbons (Fsp3) is 0.375. The Balaban J connectivity index is 2.04. The van der Waals surface area contributed by atoms with Crippen LogP contribution < -0.4 is 5.32 Å². The molecule has 0 radical (unpaired) electrons. The minimum atomic E-state index is -2.59. The van der Waals surface area contributed by atoms with Crippen LogP contribution in [0.15, 0.2) is 42.7 Å². The van der Waals surface area contributed by atoms with Gasteiger partial charge in [0.15, 0.2) is 0 Å². The van der Waals surface area contributed by atoms with Crippen molar-refractivity contribution < 1.29 is 13.6 Å². The van der Waals surface area contributed by atoms with E-state index in [-0.39, 0.29) is 12.6 Å². The van der Waals surface area contributed by atoms with Crippen molar-refractivity contribution in [1.29, 1.82) is 0 Å². The molecule has 0 fully saturated rings. The number of aryl methyl sites for hydroxylation is 1. The monoisotopic (exact) mass is 322 g/mol. The largest absolute Gasteiger partial charge is 0.331 e. The number of alkyl halides is 2. The highest BCUT2D eigenvalue weighted by Crippen LogP contribution is 2.13. The summed E-state index contributed by atoms with van der Waals surface area (Å²) in [6.07, 6.45) is 0.831. The van der Waals surface area contributed by atoms with Crippen molar-refractivity contribution in [2.45, 2.75) is 25.9 Å². The lowest BCUT2D eigenvalue weighted by atomic mass is 10.2. The lowest BCUT2D eigenvalue weighted by Crippen LogP contribution is -2.42. The predicted octanol–water partition coefficient (Wildman–Crippen LogP) is 2.96. The van der Waals surface area contributed by atoms with E-state index >= 15 is 0 Å². The molecule has 1 aromatic heterocycles. The van der Waals surface area contributed by atoms with Gasteiger partial charge in [0.1, 0.15) is 0 Å². The molecule has 0 aliphatic rings. The highest BCUT2D eigenvalue weighted by atomic mass is 19.3. The summed E-state index contributed by atoms with van der Waals surface area (Å²) in [5.41, 5.74) is 1.62. The Kier molecular flexibility index (Phi) is 5.67. The number of hydrogen-bond acceptors (Lipinski definition) is 2. The van der Waals surface area contributed by atoms with Crippen LogP contribution in [0.3, 0.4) is 0 Å². The second-order valence-electron chi connectivity index (χ2n) is 5.38. The van der Waals surface area contributed by atoms with Gasteiger partial charge in [-0.2, -0.15) is 5.10 Å². The van der Waals surface area contributed by atoms with E-state index in [1.807, 2.05) is 18.2 Å². The van der Waals surface area contributed by atoms with Crippen molar-refractivity contribution in [3.63, 3.8) is 0 Å². The Morgan fingerprint density at radius 3 is 2.61 bits per heavy atom. The molecule has 1 aromatic carbocycles. The minimum Gasteiger partial charge on any atom is -0.331 e. The fourth-order valence-corrected chi connectivity index (χ4v) is 2.21. The summed E-state index contributed by atoms with van der Waals surface area (Å²) in [6.45, 7) is 1.31. The van der Waals surface area contributed by atoms with Crippen LogP contribution in [0.1, 0.15) is 24.1 Å². The summed E-state index contributed by atoms with van der Waals surface area (Å²) in [5, 5.41) is 6.77. The molecule has 0 aliphatic carbocycles. The molecule has 7 heteroatoms. The van der Waals surface area contributed by atoms with Crippen molar-refractivity contribution in [3.8, 4) is 0 Å². The Bertz CT molecular complexity index is 630. The molecular weight excluding hydrogens is 302 g/mol. The third-order valence-electron chi connectivity index (χ3n) is 3.43. The number of hydrogen-bond donors (Lipinski definition) is 1. The molecule has 23 heavy (non-hydrogen) atoms. The Hall–Kier alpha value is -2.44. The molecule has 2 rings (SSSR count). The van der Waals surface area contributed by atoms with Gasteiger partial charge in [-0.15, -0.1) is 0 Å². The number of urea groups is 1. The second-order valence-corrected chi connectivity index (χ2v) is 5.38. The molecule has 0 aliphatic heterocycles. The number of benzene rings is 1. The standard InChI is InChI=1S/C16H20F2N4O/c1-12(14-8-19-21(2)10-14)20-16(23)22(11-15(17)18)9-13-6-4-3-5-7-13/h3-8,10,12,15H,9,11H2,1-2H3,(H,20,23)/t12-/m0/s1. The Morgan fingerprint density at radius 2 is 2.04 bits per heavy atom. The average molecular weight is 322 g/mol. The van der Waals surface area contributed by atoms with Crippen LogP contribution in [-0.2, 0) is 13.6 Å². The number of nitrogens with one attached hydrogen (secondary N) is 1. The summed E-state index contributed by atoms with van der Waals surface area (Å²) in [7, 11) is 1.77. The van der Waals surface area contributed by atoms with Crippen molar-refractivity contribution in [3.05, 3.63) is 53.9 Å². The van der Waals surface area contributed by atoms with Gasteiger partial charge >= 0.3 is 6.03 Å². The van der Waals surface area contributed by atoms with Crippen molar-refractivity contribution in [2.75, 3.05) is 6.54 Å². The molecule has 1 atom stereocenters. The summed E-state index contributed by atoms with van der Waals surface area (Å²) < 4.78 is 27.2. The number of amides is 2. The quantitative estimate of drug-likeness (QED) is 0.889. The molecule has 0 saturated heterocycles. The summed E-state index contributed by atoms with van der Waals surface area (Å²) >= 11 is 0. The predicted molar refractivity (Wildman–Crippen MR) is 83.0 cm³/mol. The third-order valence-corrected chi connectivity index (χ3v) is 3.43. The molecule has 0 spiro atoms. The van der Waals surface area contributed by atoms with Gasteiger partial charge < -0.3 is 10.2 Å². The summed E-state index contributed by atoms with van der Waals surface area (Å²) in [4.78, 5) is 13.4. The van der Waals surface area contributed by atoms with Gasteiger partial charge in [-0.05, 0) is 12.5 Å². The number of carbonyl (C=O) groups is 1. The minimum absolute atomic E-state index is 0.136. The van der Waals surface area contributed by atoms with Gasteiger partial charge in [-0.3, -0.25) is 4.68 Å². The maximum absolute atomic E-state index is 12.8. The van der Waals surface area contributed by atoms with E-state index in [9.17, 15) is 13.6 Å². The zero-order chi connectivity index (χ0) is 16.8. The van der Waals surface area contributed by atoms with E-state index in [1.165, 1.54) is 0 Å². The summed E-state index contributed by atoms with van der Waals surface area (Å²) in [6, 6.07) is 8.23. The Labute approximate surface area is 133 Å². The van der Waals surface area contributed by atoms with Gasteiger partial charge in [-0.25, -0.2) is 13.6 Å². The highest BCUT2D eigenvalue weighted by molar-refractivity contribution is 5.74. The molecule has 124 valence electrons. The van der Waals surface area contributed by atoms with E-state index in [0.29, 0.717) is 0 Å². The zero-order valence-electron chi connectivity index (χ0n) is 13.1. The van der Waals surface area contributed by atoms with Crippen LogP contribution in [0, 0.1) is 0 Å². The van der Waals surface area contributed by atoms with Gasteiger partial charge in [0.05, 0.1) is 18.8 Å². The van der Waals surface area contributed by atoms with E-state index in [2.05, 4.69) is 10.4 Å². The Morgan fingerprint density at radius 1 is 1.35 bits per heavy atom. The molecule has 1 N–H and O–H groups in total. The molecule has 5 nitrogen and oxygen atoms in total. The topological polar surface area (TPSA) is 50.2 Å². The number of nitrogens with zero attached hydrogens (tertiary/aromatic N) is 3. The first-order chi connectivity index (χ1) is 11.0. The average Bonchev–Trinajstić information content (AvgIpc) is 2.94. The first-order valence-corrected chi connectivity index (χ1v) is 7.31.